The van der Waals surface area contributed by atoms with Gasteiger partial charge in [-0.2, -0.15) is 0 Å². The van der Waals surface area contributed by atoms with E-state index in [1.54, 1.807) is 0 Å². The molecule has 0 radical (unpaired) electrons. The maximum Gasteiger partial charge on any atom is 0.404 e. The standard InChI is InChI=1S/C15H13IN2O2/c16-14-8-7-13(9-17-14)6-3-11-1-4-12(5-2-11)10-18-15(19)20/h1-9,18H,10H2,(H,19,20)/b6-3+. The highest BCUT2D eigenvalue weighted by molar-refractivity contribution is 14.1. The SMILES string of the molecule is O=C(O)NCc1ccc(/C=C/c2ccc(I)nc2)cc1. The molecule has 0 atom stereocenters. The predicted molar refractivity (Wildman–Crippen MR) is 87.2 cm³/mol. The van der Waals surface area contributed by atoms with Crippen LogP contribution in [0.4, 0.5) is 4.79 Å². The number of amides is 1. The van der Waals surface area contributed by atoms with Crippen LogP contribution in [-0.4, -0.2) is 16.2 Å². The van der Waals surface area contributed by atoms with Gasteiger partial charge in [-0.15, -0.1) is 0 Å². The number of hydrogen-bond acceptors (Lipinski definition) is 2. The van der Waals surface area contributed by atoms with Crippen molar-refractivity contribution in [1.29, 1.82) is 0 Å². The summed E-state index contributed by atoms with van der Waals surface area (Å²) in [6.07, 6.45) is 4.80. The van der Waals surface area contributed by atoms with E-state index in [1.807, 2.05) is 54.7 Å². The molecule has 102 valence electrons. The first-order chi connectivity index (χ1) is 9.63. The Balaban J connectivity index is 1.99. The van der Waals surface area contributed by atoms with Gasteiger partial charge in [-0.3, -0.25) is 0 Å². The van der Waals surface area contributed by atoms with Gasteiger partial charge in [-0.1, -0.05) is 42.5 Å². The number of rotatable bonds is 4. The quantitative estimate of drug-likeness (QED) is 0.629. The first kappa shape index (κ1) is 14.5. The number of aromatic nitrogens is 1. The Kier molecular flexibility index (Phi) is 5.11. The van der Waals surface area contributed by atoms with Crippen LogP contribution in [0.15, 0.2) is 42.6 Å². The molecule has 2 N–H and O–H groups in total. The summed E-state index contributed by atoms with van der Waals surface area (Å²) >= 11 is 2.17. The number of hydrogen-bond donors (Lipinski definition) is 2. The van der Waals surface area contributed by atoms with Crippen molar-refractivity contribution in [3.05, 3.63) is 63.0 Å². The molecule has 2 aromatic rings. The number of nitrogens with zero attached hydrogens (tertiary/aromatic N) is 1. The van der Waals surface area contributed by atoms with Crippen molar-refractivity contribution < 1.29 is 9.90 Å². The third-order valence-electron chi connectivity index (χ3n) is 2.64. The molecule has 1 amide bonds. The Bertz CT molecular complexity index is 607. The number of pyridine rings is 1. The van der Waals surface area contributed by atoms with Crippen LogP contribution in [0.5, 0.6) is 0 Å². The first-order valence-electron chi connectivity index (χ1n) is 5.99. The minimum atomic E-state index is -1.01. The van der Waals surface area contributed by atoms with Crippen molar-refractivity contribution in [3.8, 4) is 0 Å². The minimum absolute atomic E-state index is 0.320. The van der Waals surface area contributed by atoms with E-state index in [0.717, 1.165) is 20.4 Å². The summed E-state index contributed by atoms with van der Waals surface area (Å²) in [5.41, 5.74) is 3.03. The lowest BCUT2D eigenvalue weighted by atomic mass is 10.1. The highest BCUT2D eigenvalue weighted by atomic mass is 127. The van der Waals surface area contributed by atoms with E-state index >= 15 is 0 Å². The Morgan fingerprint density at radius 3 is 2.40 bits per heavy atom. The number of nitrogens with one attached hydrogen (secondary N) is 1. The van der Waals surface area contributed by atoms with E-state index in [1.165, 1.54) is 0 Å². The summed E-state index contributed by atoms with van der Waals surface area (Å²) in [6, 6.07) is 11.7. The molecule has 2 rings (SSSR count). The van der Waals surface area contributed by atoms with Crippen LogP contribution < -0.4 is 5.32 Å². The molecular weight excluding hydrogens is 367 g/mol. The zero-order chi connectivity index (χ0) is 14.4. The van der Waals surface area contributed by atoms with Crippen LogP contribution in [0.2, 0.25) is 0 Å². The molecule has 20 heavy (non-hydrogen) atoms. The third-order valence-corrected chi connectivity index (χ3v) is 3.28. The molecule has 0 aliphatic rings. The van der Waals surface area contributed by atoms with Crippen LogP contribution in [-0.2, 0) is 6.54 Å². The maximum absolute atomic E-state index is 10.4. The van der Waals surface area contributed by atoms with Gasteiger partial charge in [0.05, 0.1) is 0 Å². The maximum atomic E-state index is 10.4. The van der Waals surface area contributed by atoms with Crippen LogP contribution in [0.3, 0.4) is 0 Å². The fourth-order valence-corrected chi connectivity index (χ4v) is 1.92. The zero-order valence-corrected chi connectivity index (χ0v) is 12.7. The van der Waals surface area contributed by atoms with Crippen molar-refractivity contribution in [3.63, 3.8) is 0 Å². The topological polar surface area (TPSA) is 62.2 Å². The normalized spacial score (nSPS) is 10.7. The number of benzene rings is 1. The Morgan fingerprint density at radius 1 is 1.15 bits per heavy atom. The van der Waals surface area contributed by atoms with E-state index in [0.29, 0.717) is 6.54 Å². The molecule has 0 saturated carbocycles. The molecule has 4 nitrogen and oxygen atoms in total. The lowest BCUT2D eigenvalue weighted by Gasteiger charge is -2.01. The molecule has 1 aromatic heterocycles. The molecule has 0 saturated heterocycles. The number of halogens is 1. The van der Waals surface area contributed by atoms with Crippen molar-refractivity contribution in [2.24, 2.45) is 0 Å². The van der Waals surface area contributed by atoms with Crippen molar-refractivity contribution in [1.82, 2.24) is 10.3 Å². The summed E-state index contributed by atoms with van der Waals surface area (Å²) in [4.78, 5) is 14.6. The van der Waals surface area contributed by atoms with Crippen molar-refractivity contribution in [2.45, 2.75) is 6.54 Å². The van der Waals surface area contributed by atoms with Gasteiger partial charge in [-0.05, 0) is 45.3 Å². The van der Waals surface area contributed by atoms with Crippen molar-refractivity contribution in [2.75, 3.05) is 0 Å². The fraction of sp³-hybridized carbons (Fsp3) is 0.0667. The summed E-state index contributed by atoms with van der Waals surface area (Å²) in [5.74, 6) is 0. The lowest BCUT2D eigenvalue weighted by molar-refractivity contribution is 0.194. The van der Waals surface area contributed by atoms with Gasteiger partial charge in [0.2, 0.25) is 0 Å². The molecule has 1 heterocycles. The lowest BCUT2D eigenvalue weighted by Crippen LogP contribution is -2.19. The second kappa shape index (κ2) is 7.04. The summed E-state index contributed by atoms with van der Waals surface area (Å²) in [5, 5.41) is 10.9. The summed E-state index contributed by atoms with van der Waals surface area (Å²) in [6.45, 7) is 0.320. The van der Waals surface area contributed by atoms with Gasteiger partial charge in [0, 0.05) is 12.7 Å². The van der Waals surface area contributed by atoms with E-state index in [-0.39, 0.29) is 0 Å². The van der Waals surface area contributed by atoms with Crippen molar-refractivity contribution >= 4 is 40.8 Å². The molecule has 0 bridgehead atoms. The minimum Gasteiger partial charge on any atom is -0.465 e. The van der Waals surface area contributed by atoms with Gasteiger partial charge in [0.25, 0.3) is 0 Å². The highest BCUT2D eigenvalue weighted by Gasteiger charge is 1.96. The van der Waals surface area contributed by atoms with Crippen LogP contribution in [0.1, 0.15) is 16.7 Å². The highest BCUT2D eigenvalue weighted by Crippen LogP contribution is 2.10. The zero-order valence-electron chi connectivity index (χ0n) is 10.6. The first-order valence-corrected chi connectivity index (χ1v) is 7.07. The van der Waals surface area contributed by atoms with Crippen LogP contribution in [0.25, 0.3) is 12.2 Å². The largest absolute Gasteiger partial charge is 0.465 e. The fourth-order valence-electron chi connectivity index (χ4n) is 1.60. The Hall–Kier alpha value is -1.89. The Labute approximate surface area is 130 Å². The van der Waals surface area contributed by atoms with Crippen LogP contribution >= 0.6 is 22.6 Å². The van der Waals surface area contributed by atoms with E-state index in [4.69, 9.17) is 5.11 Å². The third kappa shape index (κ3) is 4.65. The second-order valence-corrected chi connectivity index (χ2v) is 5.25. The average Bonchev–Trinajstić information content (AvgIpc) is 2.45. The molecule has 5 heteroatoms. The van der Waals surface area contributed by atoms with E-state index in [2.05, 4.69) is 32.9 Å². The van der Waals surface area contributed by atoms with Gasteiger partial charge in [0.15, 0.2) is 0 Å². The molecule has 1 aromatic carbocycles. The monoisotopic (exact) mass is 380 g/mol. The molecule has 0 fully saturated rings. The molecule has 0 aliphatic carbocycles. The Morgan fingerprint density at radius 2 is 1.80 bits per heavy atom. The summed E-state index contributed by atoms with van der Waals surface area (Å²) < 4.78 is 0.968. The molecule has 0 aliphatic heterocycles. The van der Waals surface area contributed by atoms with Crippen LogP contribution in [0, 0.1) is 3.70 Å². The van der Waals surface area contributed by atoms with E-state index in [9.17, 15) is 4.79 Å². The molecular formula is C15H13IN2O2. The van der Waals surface area contributed by atoms with Gasteiger partial charge in [-0.25, -0.2) is 9.78 Å². The molecule has 0 unspecified atom stereocenters. The number of carboxylic acid groups (broad SMARTS) is 1. The smallest absolute Gasteiger partial charge is 0.404 e. The summed E-state index contributed by atoms with van der Waals surface area (Å²) in [7, 11) is 0. The van der Waals surface area contributed by atoms with Gasteiger partial charge >= 0.3 is 6.09 Å². The predicted octanol–water partition coefficient (Wildman–Crippen LogP) is 3.62. The average molecular weight is 380 g/mol. The van der Waals surface area contributed by atoms with Gasteiger partial charge < -0.3 is 10.4 Å². The van der Waals surface area contributed by atoms with E-state index < -0.39 is 6.09 Å². The van der Waals surface area contributed by atoms with Gasteiger partial charge in [0.1, 0.15) is 3.70 Å². The number of carbonyl (C=O) groups is 1. The molecule has 0 spiro atoms. The second-order valence-electron chi connectivity index (χ2n) is 4.15.